The second-order valence-electron chi connectivity index (χ2n) is 6.21. The first-order valence-corrected chi connectivity index (χ1v) is 7.71. The minimum absolute atomic E-state index is 0.0176. The summed E-state index contributed by atoms with van der Waals surface area (Å²) in [5.74, 6) is -2.28. The highest BCUT2D eigenvalue weighted by atomic mass is 16.4. The average Bonchev–Trinajstić information content (AvgIpc) is 3.16. The lowest BCUT2D eigenvalue weighted by Crippen LogP contribution is -2.36. The molecule has 0 saturated heterocycles. The molecule has 2 aromatic rings. The number of benzene rings is 1. The largest absolute Gasteiger partial charge is 0.481 e. The van der Waals surface area contributed by atoms with Crippen LogP contribution in [0.5, 0.6) is 0 Å². The molecule has 5 nitrogen and oxygen atoms in total. The fourth-order valence-corrected chi connectivity index (χ4v) is 3.94. The molecular formula is C18H16N2O3. The molecule has 4 rings (SSSR count). The number of nitrogens with one attached hydrogen (secondary N) is 1. The summed E-state index contributed by atoms with van der Waals surface area (Å²) in [5.41, 5.74) is 1.35. The highest BCUT2D eigenvalue weighted by molar-refractivity contribution is 6.02. The highest BCUT2D eigenvalue weighted by Gasteiger charge is 2.51. The zero-order valence-corrected chi connectivity index (χ0v) is 12.3. The number of fused-ring (bicyclic) bond motifs is 3. The number of carbonyl (C=O) groups excluding carboxylic acids is 1. The molecule has 23 heavy (non-hydrogen) atoms. The Labute approximate surface area is 133 Å². The fraction of sp³-hybridized carbons (Fsp3) is 0.278. The van der Waals surface area contributed by atoms with Gasteiger partial charge < -0.3 is 10.4 Å². The third kappa shape index (κ3) is 2.20. The van der Waals surface area contributed by atoms with Gasteiger partial charge in [-0.2, -0.15) is 0 Å². The molecule has 0 radical (unpaired) electrons. The summed E-state index contributed by atoms with van der Waals surface area (Å²) < 4.78 is 0. The molecule has 1 aromatic heterocycles. The molecule has 0 unspecified atom stereocenters. The molecule has 1 amide bonds. The Hall–Kier alpha value is -2.69. The number of nitrogens with zero attached hydrogens (tertiary/aromatic N) is 1. The van der Waals surface area contributed by atoms with Crippen molar-refractivity contribution in [3.63, 3.8) is 0 Å². The average molecular weight is 308 g/mol. The van der Waals surface area contributed by atoms with Gasteiger partial charge in [-0.25, -0.2) is 0 Å². The van der Waals surface area contributed by atoms with Crippen LogP contribution in [-0.4, -0.2) is 22.0 Å². The number of aromatic nitrogens is 1. The number of pyridine rings is 1. The smallest absolute Gasteiger partial charge is 0.307 e. The maximum Gasteiger partial charge on any atom is 0.307 e. The monoisotopic (exact) mass is 308 g/mol. The Morgan fingerprint density at radius 3 is 2.61 bits per heavy atom. The van der Waals surface area contributed by atoms with Crippen LogP contribution in [0.15, 0.2) is 48.7 Å². The number of carbonyl (C=O) groups is 2. The Morgan fingerprint density at radius 1 is 1.09 bits per heavy atom. The van der Waals surface area contributed by atoms with Gasteiger partial charge in [-0.05, 0) is 30.4 Å². The number of anilines is 1. The van der Waals surface area contributed by atoms with Crippen molar-refractivity contribution in [2.45, 2.75) is 6.42 Å². The summed E-state index contributed by atoms with van der Waals surface area (Å²) in [6, 6.07) is 9.35. The van der Waals surface area contributed by atoms with Crippen LogP contribution in [0, 0.1) is 23.7 Å². The zero-order valence-electron chi connectivity index (χ0n) is 12.3. The molecule has 116 valence electrons. The lowest BCUT2D eigenvalue weighted by atomic mass is 9.82. The van der Waals surface area contributed by atoms with Crippen LogP contribution in [0.25, 0.3) is 10.9 Å². The van der Waals surface area contributed by atoms with Gasteiger partial charge >= 0.3 is 5.97 Å². The molecule has 2 aliphatic rings. The number of amides is 1. The molecule has 4 atom stereocenters. The van der Waals surface area contributed by atoms with Gasteiger partial charge in [0.15, 0.2) is 0 Å². The van der Waals surface area contributed by atoms with Crippen LogP contribution < -0.4 is 5.32 Å². The van der Waals surface area contributed by atoms with Gasteiger partial charge in [0.25, 0.3) is 0 Å². The SMILES string of the molecule is O=C(Nc1cccc2cccnc12)[C@@H]1[C@@H](C(=O)O)[C@H]2C=C[C@@H]1C2. The number of para-hydroxylation sites is 1. The number of rotatable bonds is 3. The Morgan fingerprint density at radius 2 is 1.83 bits per heavy atom. The van der Waals surface area contributed by atoms with Gasteiger partial charge in [-0.1, -0.05) is 30.4 Å². The predicted octanol–water partition coefficient (Wildman–Crippen LogP) is 2.70. The van der Waals surface area contributed by atoms with E-state index < -0.39 is 17.8 Å². The van der Waals surface area contributed by atoms with Gasteiger partial charge in [0, 0.05) is 11.6 Å². The van der Waals surface area contributed by atoms with Crippen LogP contribution in [0.3, 0.4) is 0 Å². The molecule has 2 N–H and O–H groups in total. The van der Waals surface area contributed by atoms with Crippen LogP contribution >= 0.6 is 0 Å². The summed E-state index contributed by atoms with van der Waals surface area (Å²) in [6.45, 7) is 0. The van der Waals surface area contributed by atoms with E-state index in [2.05, 4.69) is 10.3 Å². The molecule has 1 heterocycles. The normalized spacial score (nSPS) is 28.2. The number of aliphatic carboxylic acids is 1. The number of hydrogen-bond acceptors (Lipinski definition) is 3. The van der Waals surface area contributed by atoms with Crippen molar-refractivity contribution in [1.29, 1.82) is 0 Å². The van der Waals surface area contributed by atoms with Gasteiger partial charge in [0.1, 0.15) is 0 Å². The van der Waals surface area contributed by atoms with Gasteiger partial charge in [0.2, 0.25) is 5.91 Å². The van der Waals surface area contributed by atoms with Gasteiger partial charge in [-0.15, -0.1) is 0 Å². The Balaban J connectivity index is 1.65. The van der Waals surface area contributed by atoms with Crippen molar-refractivity contribution in [3.05, 3.63) is 48.7 Å². The van der Waals surface area contributed by atoms with Crippen molar-refractivity contribution in [2.75, 3.05) is 5.32 Å². The summed E-state index contributed by atoms with van der Waals surface area (Å²) in [4.78, 5) is 28.6. The second kappa shape index (κ2) is 5.19. The first-order valence-electron chi connectivity index (χ1n) is 7.71. The van der Waals surface area contributed by atoms with Crippen molar-refractivity contribution in [1.82, 2.24) is 4.98 Å². The summed E-state index contributed by atoms with van der Waals surface area (Å²) >= 11 is 0. The van der Waals surface area contributed by atoms with E-state index in [-0.39, 0.29) is 17.7 Å². The lowest BCUT2D eigenvalue weighted by Gasteiger charge is -2.24. The van der Waals surface area contributed by atoms with E-state index >= 15 is 0 Å². The molecule has 0 aliphatic heterocycles. The molecule has 1 saturated carbocycles. The molecular weight excluding hydrogens is 292 g/mol. The van der Waals surface area contributed by atoms with Crippen LogP contribution in [0.4, 0.5) is 5.69 Å². The van der Waals surface area contributed by atoms with Crippen LogP contribution in [0.1, 0.15) is 6.42 Å². The highest BCUT2D eigenvalue weighted by Crippen LogP contribution is 2.48. The van der Waals surface area contributed by atoms with E-state index in [9.17, 15) is 14.7 Å². The number of carboxylic acid groups (broad SMARTS) is 1. The Bertz CT molecular complexity index is 825. The van der Waals surface area contributed by atoms with Crippen LogP contribution in [-0.2, 0) is 9.59 Å². The van der Waals surface area contributed by atoms with E-state index in [1.807, 2.05) is 36.4 Å². The second-order valence-corrected chi connectivity index (χ2v) is 6.21. The predicted molar refractivity (Wildman–Crippen MR) is 85.7 cm³/mol. The van der Waals surface area contributed by atoms with Gasteiger partial charge in [0.05, 0.1) is 23.0 Å². The van der Waals surface area contributed by atoms with E-state index in [0.29, 0.717) is 11.2 Å². The quantitative estimate of drug-likeness (QED) is 0.854. The van der Waals surface area contributed by atoms with Crippen molar-refractivity contribution < 1.29 is 14.7 Å². The minimum atomic E-state index is -0.891. The van der Waals surface area contributed by atoms with E-state index in [0.717, 1.165) is 11.8 Å². The standard InChI is InChI=1S/C18H16N2O3/c21-17(14-11-6-7-12(9-11)15(14)18(22)23)20-13-5-1-3-10-4-2-8-19-16(10)13/h1-8,11-12,14-15H,9H2,(H,20,21)(H,22,23)/t11-,12+,14+,15+/m1/s1. The maximum atomic E-state index is 12.7. The van der Waals surface area contributed by atoms with Crippen LogP contribution in [0.2, 0.25) is 0 Å². The minimum Gasteiger partial charge on any atom is -0.481 e. The number of hydrogen-bond donors (Lipinski definition) is 2. The first-order chi connectivity index (χ1) is 11.1. The van der Waals surface area contributed by atoms with E-state index in [1.165, 1.54) is 0 Å². The lowest BCUT2D eigenvalue weighted by molar-refractivity contribution is -0.146. The molecule has 1 aromatic carbocycles. The molecule has 2 aliphatic carbocycles. The third-order valence-electron chi connectivity index (χ3n) is 4.94. The number of carboxylic acids is 1. The first kappa shape index (κ1) is 13.9. The van der Waals surface area contributed by atoms with Crippen molar-refractivity contribution in [3.8, 4) is 0 Å². The topological polar surface area (TPSA) is 79.3 Å². The summed E-state index contributed by atoms with van der Waals surface area (Å²) in [6.07, 6.45) is 6.35. The fourth-order valence-electron chi connectivity index (χ4n) is 3.94. The molecule has 1 fully saturated rings. The van der Waals surface area contributed by atoms with E-state index in [4.69, 9.17) is 0 Å². The van der Waals surface area contributed by atoms with Crippen molar-refractivity contribution >= 4 is 28.5 Å². The molecule has 2 bridgehead atoms. The third-order valence-corrected chi connectivity index (χ3v) is 4.94. The van der Waals surface area contributed by atoms with E-state index in [1.54, 1.807) is 12.3 Å². The maximum absolute atomic E-state index is 12.7. The van der Waals surface area contributed by atoms with Gasteiger partial charge in [-0.3, -0.25) is 14.6 Å². The summed E-state index contributed by atoms with van der Waals surface area (Å²) in [7, 11) is 0. The summed E-state index contributed by atoms with van der Waals surface area (Å²) in [5, 5.41) is 13.3. The Kier molecular flexibility index (Phi) is 3.15. The molecule has 5 heteroatoms. The molecule has 0 spiro atoms. The zero-order chi connectivity index (χ0) is 16.0. The number of allylic oxidation sites excluding steroid dienone is 2. The van der Waals surface area contributed by atoms with Crippen molar-refractivity contribution in [2.24, 2.45) is 23.7 Å².